The van der Waals surface area contributed by atoms with Crippen molar-refractivity contribution in [3.63, 3.8) is 0 Å². The Morgan fingerprint density at radius 2 is 1.67 bits per heavy atom. The summed E-state index contributed by atoms with van der Waals surface area (Å²) in [5.74, 6) is -0.447. The van der Waals surface area contributed by atoms with E-state index < -0.39 is 27.7 Å². The van der Waals surface area contributed by atoms with Crippen LogP contribution in [0.1, 0.15) is 64.2 Å². The standard InChI is InChI=1S/C24H32FN3O4S/c25-18-6-2-3-7-19(18)28(33(31)32)24(8-4-1-5-9-24)22(30)27-20-16-10-15-11-17(20)14-23(12-15,13-16)21(26)29/h2-3,6-7,15-17,20,33H,1,4-5,8-14H2,(H2,26,29)(H,27,30). The number of thiol groups is 1. The molecule has 5 aliphatic carbocycles. The fourth-order valence-electron chi connectivity index (χ4n) is 7.62. The zero-order valence-corrected chi connectivity index (χ0v) is 19.6. The smallest absolute Gasteiger partial charge is 0.247 e. The van der Waals surface area contributed by atoms with Gasteiger partial charge in [0.15, 0.2) is 0 Å². The van der Waals surface area contributed by atoms with Crippen LogP contribution in [-0.4, -0.2) is 31.8 Å². The summed E-state index contributed by atoms with van der Waals surface area (Å²) in [5, 5.41) is 3.23. The quantitative estimate of drug-likeness (QED) is 0.547. The fourth-order valence-corrected chi connectivity index (χ4v) is 8.56. The van der Waals surface area contributed by atoms with Gasteiger partial charge in [0.2, 0.25) is 22.7 Å². The summed E-state index contributed by atoms with van der Waals surface area (Å²) in [4.78, 5) is 26.2. The Bertz CT molecular complexity index is 1010. The molecular weight excluding hydrogens is 445 g/mol. The molecule has 5 fully saturated rings. The normalized spacial score (nSPS) is 34.2. The van der Waals surface area contributed by atoms with E-state index >= 15 is 0 Å². The molecule has 4 bridgehead atoms. The number of nitrogens with one attached hydrogen (secondary N) is 1. The number of benzene rings is 1. The minimum absolute atomic E-state index is 0.0802. The molecule has 2 atom stereocenters. The Balaban J connectivity index is 1.46. The number of hydrogen-bond acceptors (Lipinski definition) is 4. The fraction of sp³-hybridized carbons (Fsp3) is 0.667. The Kier molecular flexibility index (Phi) is 5.66. The lowest BCUT2D eigenvalue weighted by atomic mass is 9.47. The molecule has 0 heterocycles. The van der Waals surface area contributed by atoms with E-state index in [-0.39, 0.29) is 35.4 Å². The molecule has 6 rings (SSSR count). The van der Waals surface area contributed by atoms with Crippen molar-refractivity contribution in [1.29, 1.82) is 0 Å². The predicted molar refractivity (Wildman–Crippen MR) is 122 cm³/mol. The van der Waals surface area contributed by atoms with E-state index in [1.54, 1.807) is 6.07 Å². The van der Waals surface area contributed by atoms with Crippen LogP contribution in [0.2, 0.25) is 0 Å². The zero-order chi connectivity index (χ0) is 23.4. The highest BCUT2D eigenvalue weighted by molar-refractivity contribution is 7.74. The van der Waals surface area contributed by atoms with Crippen LogP contribution in [-0.2, 0) is 20.5 Å². The number of primary amides is 1. The minimum atomic E-state index is -3.24. The first kappa shape index (κ1) is 22.6. The van der Waals surface area contributed by atoms with E-state index in [1.807, 2.05) is 0 Å². The van der Waals surface area contributed by atoms with Crippen LogP contribution in [0.15, 0.2) is 24.3 Å². The second-order valence-electron chi connectivity index (χ2n) is 10.7. The molecule has 5 saturated carbocycles. The maximum absolute atomic E-state index is 14.7. The summed E-state index contributed by atoms with van der Waals surface area (Å²) >= 11 is 0. The number of para-hydroxylation sites is 1. The first-order valence-electron chi connectivity index (χ1n) is 12.1. The molecule has 33 heavy (non-hydrogen) atoms. The van der Waals surface area contributed by atoms with Gasteiger partial charge in [-0.3, -0.25) is 13.9 Å². The van der Waals surface area contributed by atoms with Crippen molar-refractivity contribution in [2.24, 2.45) is 28.9 Å². The number of hydrogen-bond donors (Lipinski definition) is 3. The van der Waals surface area contributed by atoms with Crippen molar-refractivity contribution in [3.8, 4) is 0 Å². The number of nitrogens with two attached hydrogens (primary N) is 1. The molecule has 1 aromatic carbocycles. The highest BCUT2D eigenvalue weighted by atomic mass is 32.2. The maximum Gasteiger partial charge on any atom is 0.247 e. The number of carbonyl (C=O) groups is 2. The summed E-state index contributed by atoms with van der Waals surface area (Å²) < 4.78 is 40.7. The molecule has 9 heteroatoms. The Hall–Kier alpha value is -2.16. The predicted octanol–water partition coefficient (Wildman–Crippen LogP) is 2.66. The Morgan fingerprint density at radius 1 is 1.03 bits per heavy atom. The van der Waals surface area contributed by atoms with Gasteiger partial charge in [-0.2, -0.15) is 0 Å². The average Bonchev–Trinajstić information content (AvgIpc) is 2.77. The van der Waals surface area contributed by atoms with E-state index in [0.717, 1.165) is 30.0 Å². The van der Waals surface area contributed by atoms with Crippen LogP contribution in [0.5, 0.6) is 0 Å². The van der Waals surface area contributed by atoms with E-state index in [4.69, 9.17) is 5.73 Å². The van der Waals surface area contributed by atoms with Gasteiger partial charge in [0.1, 0.15) is 11.4 Å². The third-order valence-electron chi connectivity index (χ3n) is 8.85. The zero-order valence-electron chi connectivity index (χ0n) is 18.7. The third-order valence-corrected chi connectivity index (χ3v) is 9.77. The van der Waals surface area contributed by atoms with Crippen LogP contribution in [0.3, 0.4) is 0 Å². The second-order valence-corrected chi connectivity index (χ2v) is 11.6. The van der Waals surface area contributed by atoms with E-state index in [1.165, 1.54) is 18.2 Å². The molecule has 0 saturated heterocycles. The van der Waals surface area contributed by atoms with Crippen molar-refractivity contribution in [1.82, 2.24) is 5.32 Å². The number of halogens is 1. The van der Waals surface area contributed by atoms with E-state index in [9.17, 15) is 22.4 Å². The van der Waals surface area contributed by atoms with Gasteiger partial charge in [-0.05, 0) is 74.8 Å². The van der Waals surface area contributed by atoms with Gasteiger partial charge in [-0.15, -0.1) is 0 Å². The number of rotatable bonds is 6. The molecule has 2 amide bonds. The van der Waals surface area contributed by atoms with Gasteiger partial charge in [0, 0.05) is 11.5 Å². The molecule has 0 aromatic heterocycles. The molecule has 180 valence electrons. The van der Waals surface area contributed by atoms with Crippen molar-refractivity contribution in [2.75, 3.05) is 4.31 Å². The monoisotopic (exact) mass is 477 g/mol. The summed E-state index contributed by atoms with van der Waals surface area (Å²) in [7, 11) is -3.24. The molecular formula is C24H32FN3O4S. The van der Waals surface area contributed by atoms with Crippen molar-refractivity contribution >= 4 is 28.4 Å². The van der Waals surface area contributed by atoms with Crippen LogP contribution in [0.25, 0.3) is 0 Å². The number of nitrogens with zero attached hydrogens (tertiary/aromatic N) is 1. The molecule has 3 N–H and O–H groups in total. The summed E-state index contributed by atoms with van der Waals surface area (Å²) in [6.45, 7) is 0. The van der Waals surface area contributed by atoms with Crippen LogP contribution in [0.4, 0.5) is 10.1 Å². The van der Waals surface area contributed by atoms with Gasteiger partial charge in [-0.1, -0.05) is 31.4 Å². The topological polar surface area (TPSA) is 110 Å². The molecule has 5 aliphatic rings. The second kappa shape index (κ2) is 8.25. The van der Waals surface area contributed by atoms with Gasteiger partial charge in [0.05, 0.1) is 5.69 Å². The first-order valence-corrected chi connectivity index (χ1v) is 13.2. The van der Waals surface area contributed by atoms with Gasteiger partial charge in [-0.25, -0.2) is 12.8 Å². The molecule has 0 spiro atoms. The molecule has 0 radical (unpaired) electrons. The highest BCUT2D eigenvalue weighted by Crippen LogP contribution is 2.60. The SMILES string of the molecule is NC(=O)C12CC3CC(C1)C(NC(=O)C1(N(c4ccccc4F)[SH](=O)=O)CCCCC1)C(C3)C2. The highest BCUT2D eigenvalue weighted by Gasteiger charge is 2.59. The third kappa shape index (κ3) is 3.63. The molecule has 0 aliphatic heterocycles. The van der Waals surface area contributed by atoms with Gasteiger partial charge >= 0.3 is 0 Å². The lowest BCUT2D eigenvalue weighted by Crippen LogP contribution is -2.66. The average molecular weight is 478 g/mol. The Morgan fingerprint density at radius 3 is 2.24 bits per heavy atom. The number of amides is 2. The molecule has 7 nitrogen and oxygen atoms in total. The first-order chi connectivity index (χ1) is 15.8. The minimum Gasteiger partial charge on any atom is -0.369 e. The van der Waals surface area contributed by atoms with Crippen LogP contribution >= 0.6 is 0 Å². The van der Waals surface area contributed by atoms with Gasteiger partial charge < -0.3 is 11.1 Å². The summed E-state index contributed by atoms with van der Waals surface area (Å²) in [6, 6.07) is 5.62. The molecule has 1 aromatic rings. The van der Waals surface area contributed by atoms with Crippen LogP contribution in [0, 0.1) is 29.0 Å². The summed E-state index contributed by atoms with van der Waals surface area (Å²) in [5.41, 5.74) is 3.91. The lowest BCUT2D eigenvalue weighted by Gasteiger charge is -2.59. The van der Waals surface area contributed by atoms with Crippen molar-refractivity contribution < 1.29 is 22.4 Å². The summed E-state index contributed by atoms with van der Waals surface area (Å²) in [6.07, 6.45) is 7.13. The number of carbonyl (C=O) groups excluding carboxylic acids is 2. The Labute approximate surface area is 195 Å². The van der Waals surface area contributed by atoms with Crippen LogP contribution < -0.4 is 15.4 Å². The van der Waals surface area contributed by atoms with Crippen molar-refractivity contribution in [3.05, 3.63) is 30.1 Å². The van der Waals surface area contributed by atoms with Crippen molar-refractivity contribution in [2.45, 2.75) is 75.8 Å². The lowest BCUT2D eigenvalue weighted by molar-refractivity contribution is -0.148. The van der Waals surface area contributed by atoms with E-state index in [0.29, 0.717) is 44.4 Å². The maximum atomic E-state index is 14.7. The number of anilines is 1. The largest absolute Gasteiger partial charge is 0.369 e. The van der Waals surface area contributed by atoms with E-state index in [2.05, 4.69) is 5.32 Å². The molecule has 2 unspecified atom stereocenters. The van der Waals surface area contributed by atoms with Gasteiger partial charge in [0.25, 0.3) is 0 Å².